The number of nitrogens with zero attached hydrogens (tertiary/aromatic N) is 3. The predicted octanol–water partition coefficient (Wildman–Crippen LogP) is 1.91. The van der Waals surface area contributed by atoms with Crippen molar-refractivity contribution in [2.75, 3.05) is 0 Å². The van der Waals surface area contributed by atoms with Crippen LogP contribution in [0.1, 0.15) is 38.4 Å². The van der Waals surface area contributed by atoms with Gasteiger partial charge in [-0.05, 0) is 12.8 Å². The van der Waals surface area contributed by atoms with Gasteiger partial charge >= 0.3 is 0 Å². The maximum absolute atomic E-state index is 11.1. The number of hydrogen-bond acceptors (Lipinski definition) is 3. The summed E-state index contributed by atoms with van der Waals surface area (Å²) < 4.78 is 1.96. The topological polar surface area (TPSA) is 47.8 Å². The molecule has 0 unspecified atom stereocenters. The Labute approximate surface area is 95.4 Å². The molecule has 0 aliphatic heterocycles. The summed E-state index contributed by atoms with van der Waals surface area (Å²) in [5, 5.41) is 4.20. The van der Waals surface area contributed by atoms with Crippen LogP contribution in [0.2, 0.25) is 0 Å². The van der Waals surface area contributed by atoms with Gasteiger partial charge in [-0.3, -0.25) is 4.79 Å². The summed E-state index contributed by atoms with van der Waals surface area (Å²) in [6.45, 7) is 3.05. The molecule has 0 radical (unpaired) electrons. The zero-order valence-electron chi connectivity index (χ0n) is 9.65. The Morgan fingerprint density at radius 1 is 1.44 bits per heavy atom. The van der Waals surface area contributed by atoms with Gasteiger partial charge in [0.25, 0.3) is 0 Å². The molecule has 1 aromatic rings. The van der Waals surface area contributed by atoms with Gasteiger partial charge in [-0.15, -0.1) is 0 Å². The van der Waals surface area contributed by atoms with Crippen molar-refractivity contribution in [1.29, 1.82) is 0 Å². The number of carbonyl (C=O) groups excluding carboxylic acids is 1. The van der Waals surface area contributed by atoms with E-state index in [0.29, 0.717) is 18.6 Å². The minimum Gasteiger partial charge on any atom is -0.299 e. The van der Waals surface area contributed by atoms with Gasteiger partial charge in [0.1, 0.15) is 17.9 Å². The Morgan fingerprint density at radius 2 is 2.31 bits per heavy atom. The molecule has 0 spiro atoms. The molecule has 1 aromatic heterocycles. The van der Waals surface area contributed by atoms with Gasteiger partial charge in [0, 0.05) is 25.8 Å². The molecule has 4 heteroatoms. The first-order valence-corrected chi connectivity index (χ1v) is 5.86. The van der Waals surface area contributed by atoms with E-state index in [1.165, 1.54) is 5.57 Å². The maximum Gasteiger partial charge on any atom is 0.138 e. The third kappa shape index (κ3) is 2.56. The number of hydrogen-bond donors (Lipinski definition) is 0. The van der Waals surface area contributed by atoms with E-state index in [1.807, 2.05) is 4.68 Å². The van der Waals surface area contributed by atoms with Gasteiger partial charge in [0.15, 0.2) is 0 Å². The van der Waals surface area contributed by atoms with Gasteiger partial charge < -0.3 is 0 Å². The summed E-state index contributed by atoms with van der Waals surface area (Å²) in [7, 11) is 0. The second kappa shape index (κ2) is 5.05. The molecule has 0 saturated carbocycles. The predicted molar refractivity (Wildman–Crippen MR) is 61.0 cm³/mol. The van der Waals surface area contributed by atoms with Crippen molar-refractivity contribution in [3.8, 4) is 0 Å². The fourth-order valence-electron chi connectivity index (χ4n) is 1.95. The molecule has 0 aromatic carbocycles. The van der Waals surface area contributed by atoms with E-state index in [0.717, 1.165) is 31.6 Å². The highest BCUT2D eigenvalue weighted by Crippen LogP contribution is 2.18. The van der Waals surface area contributed by atoms with Crippen molar-refractivity contribution in [1.82, 2.24) is 14.8 Å². The van der Waals surface area contributed by atoms with Crippen LogP contribution in [0.3, 0.4) is 0 Å². The largest absolute Gasteiger partial charge is 0.299 e. The lowest BCUT2D eigenvalue weighted by Gasteiger charge is -2.12. The van der Waals surface area contributed by atoms with Crippen LogP contribution >= 0.6 is 0 Å². The minimum atomic E-state index is 0.346. The second-order valence-corrected chi connectivity index (χ2v) is 4.18. The maximum atomic E-state index is 11.1. The highest BCUT2D eigenvalue weighted by atomic mass is 16.1. The summed E-state index contributed by atoms with van der Waals surface area (Å²) in [5.41, 5.74) is 1.32. The molecule has 0 atom stereocenters. The summed E-state index contributed by atoms with van der Waals surface area (Å²) in [4.78, 5) is 15.4. The third-order valence-electron chi connectivity index (χ3n) is 2.86. The number of Topliss-reactive ketones (excluding diaryl/α,β-unsaturated/α-hetero) is 1. The van der Waals surface area contributed by atoms with Crippen LogP contribution in [-0.2, 0) is 17.8 Å². The van der Waals surface area contributed by atoms with Crippen LogP contribution in [0, 0.1) is 0 Å². The van der Waals surface area contributed by atoms with E-state index >= 15 is 0 Å². The van der Waals surface area contributed by atoms with Gasteiger partial charge in [-0.25, -0.2) is 9.67 Å². The fourth-order valence-corrected chi connectivity index (χ4v) is 1.95. The van der Waals surface area contributed by atoms with E-state index in [-0.39, 0.29) is 0 Å². The molecule has 1 aliphatic rings. The summed E-state index contributed by atoms with van der Waals surface area (Å²) in [5.74, 6) is 1.36. The number of rotatable bonds is 4. The number of aryl methyl sites for hydroxylation is 1. The lowest BCUT2D eigenvalue weighted by atomic mass is 9.96. The average molecular weight is 219 g/mol. The molecular formula is C12H17N3O. The van der Waals surface area contributed by atoms with E-state index in [4.69, 9.17) is 0 Å². The first-order chi connectivity index (χ1) is 7.79. The quantitative estimate of drug-likeness (QED) is 0.727. The lowest BCUT2D eigenvalue weighted by molar-refractivity contribution is -0.118. The third-order valence-corrected chi connectivity index (χ3v) is 2.86. The number of carbonyl (C=O) groups is 1. The smallest absolute Gasteiger partial charge is 0.138 e. The lowest BCUT2D eigenvalue weighted by Crippen LogP contribution is -2.10. The fraction of sp³-hybridized carbons (Fsp3) is 0.583. The molecule has 2 rings (SSSR count). The molecule has 86 valence electrons. The second-order valence-electron chi connectivity index (χ2n) is 4.18. The first-order valence-electron chi connectivity index (χ1n) is 5.86. The van der Waals surface area contributed by atoms with E-state index in [9.17, 15) is 4.79 Å². The van der Waals surface area contributed by atoms with Gasteiger partial charge in [-0.1, -0.05) is 18.6 Å². The molecule has 0 bridgehead atoms. The molecule has 4 nitrogen and oxygen atoms in total. The average Bonchev–Trinajstić information content (AvgIpc) is 2.70. The van der Waals surface area contributed by atoms with Gasteiger partial charge in [0.2, 0.25) is 0 Å². The van der Waals surface area contributed by atoms with Crippen LogP contribution < -0.4 is 0 Å². The van der Waals surface area contributed by atoms with E-state index < -0.39 is 0 Å². The van der Waals surface area contributed by atoms with E-state index in [1.54, 1.807) is 6.33 Å². The highest BCUT2D eigenvalue weighted by molar-refractivity contribution is 5.81. The van der Waals surface area contributed by atoms with Crippen LogP contribution in [0.25, 0.3) is 0 Å². The van der Waals surface area contributed by atoms with Crippen molar-refractivity contribution in [2.45, 2.75) is 45.6 Å². The Bertz CT molecular complexity index is 406. The highest BCUT2D eigenvalue weighted by Gasteiger charge is 2.13. The monoisotopic (exact) mass is 219 g/mol. The van der Waals surface area contributed by atoms with Crippen LogP contribution in [0.15, 0.2) is 18.0 Å². The van der Waals surface area contributed by atoms with Crippen molar-refractivity contribution < 1.29 is 4.79 Å². The molecule has 16 heavy (non-hydrogen) atoms. The zero-order chi connectivity index (χ0) is 11.4. The Kier molecular flexibility index (Phi) is 3.49. The Balaban J connectivity index is 2.03. The van der Waals surface area contributed by atoms with Crippen LogP contribution in [0.5, 0.6) is 0 Å². The van der Waals surface area contributed by atoms with Crippen LogP contribution in [0.4, 0.5) is 0 Å². The van der Waals surface area contributed by atoms with Crippen molar-refractivity contribution in [3.63, 3.8) is 0 Å². The van der Waals surface area contributed by atoms with Gasteiger partial charge in [-0.2, -0.15) is 5.10 Å². The number of allylic oxidation sites excluding steroid dienone is 2. The Morgan fingerprint density at radius 3 is 3.00 bits per heavy atom. The van der Waals surface area contributed by atoms with Crippen molar-refractivity contribution in [2.24, 2.45) is 0 Å². The molecule has 1 aliphatic carbocycles. The van der Waals surface area contributed by atoms with Crippen LogP contribution in [-0.4, -0.2) is 20.5 Å². The normalized spacial score (nSPS) is 16.3. The van der Waals surface area contributed by atoms with Crippen molar-refractivity contribution >= 4 is 5.78 Å². The number of ketones is 1. The summed E-state index contributed by atoms with van der Waals surface area (Å²) in [6, 6.07) is 0. The minimum absolute atomic E-state index is 0.346. The molecular weight excluding hydrogens is 202 g/mol. The Hall–Kier alpha value is -1.45. The molecule has 1 heterocycles. The first kappa shape index (κ1) is 11.0. The SMILES string of the molecule is CCCn1ncnc1CC1=CCC(=O)CC1. The van der Waals surface area contributed by atoms with Gasteiger partial charge in [0.05, 0.1) is 0 Å². The summed E-state index contributed by atoms with van der Waals surface area (Å²) >= 11 is 0. The molecule has 0 saturated heterocycles. The molecule has 0 N–H and O–H groups in total. The zero-order valence-corrected chi connectivity index (χ0v) is 9.65. The standard InChI is InChI=1S/C12H17N3O/c1-2-7-15-12(13-9-14-15)8-10-3-5-11(16)6-4-10/h3,9H,2,4-8H2,1H3. The molecule has 0 fully saturated rings. The van der Waals surface area contributed by atoms with Crippen molar-refractivity contribution in [3.05, 3.63) is 23.8 Å². The molecule has 0 amide bonds. The number of aromatic nitrogens is 3. The summed E-state index contributed by atoms with van der Waals surface area (Å²) in [6.07, 6.45) is 7.74. The van der Waals surface area contributed by atoms with E-state index in [2.05, 4.69) is 23.1 Å².